The number of carbonyl (C=O) groups is 1. The number of aryl methyl sites for hydroxylation is 1. The van der Waals surface area contributed by atoms with Gasteiger partial charge in [-0.15, -0.1) is 11.3 Å². The lowest BCUT2D eigenvalue weighted by molar-refractivity contribution is 0.0704. The lowest BCUT2D eigenvalue weighted by Crippen LogP contribution is -2.41. The maximum Gasteiger partial charge on any atom is 0.264 e. The number of amides is 1. The molecule has 0 aliphatic carbocycles. The Morgan fingerprint density at radius 1 is 1.63 bits per heavy atom. The molecular formula is C13H21N3O2S. The van der Waals surface area contributed by atoms with Crippen molar-refractivity contribution in [2.24, 2.45) is 0 Å². The van der Waals surface area contributed by atoms with Crippen molar-refractivity contribution in [1.82, 2.24) is 9.80 Å². The molecule has 0 bridgehead atoms. The Kier molecular flexibility index (Phi) is 4.13. The van der Waals surface area contributed by atoms with Crippen LogP contribution in [-0.4, -0.2) is 60.1 Å². The van der Waals surface area contributed by atoms with Crippen molar-refractivity contribution in [3.8, 4) is 0 Å². The summed E-state index contributed by atoms with van der Waals surface area (Å²) >= 11 is 1.42. The average Bonchev–Trinajstić information content (AvgIpc) is 2.82. The maximum absolute atomic E-state index is 12.5. The summed E-state index contributed by atoms with van der Waals surface area (Å²) in [5, 5.41) is 9.80. The monoisotopic (exact) mass is 283 g/mol. The van der Waals surface area contributed by atoms with Gasteiger partial charge in [0.25, 0.3) is 5.91 Å². The molecule has 3 N–H and O–H groups in total. The normalized spacial score (nSPS) is 23.3. The summed E-state index contributed by atoms with van der Waals surface area (Å²) in [6.07, 6.45) is 0.219. The zero-order valence-electron chi connectivity index (χ0n) is 11.6. The minimum atomic E-state index is -0.424. The molecule has 1 aromatic heterocycles. The van der Waals surface area contributed by atoms with Gasteiger partial charge in [0.2, 0.25) is 0 Å². The number of likely N-dealkylation sites (N-methyl/N-ethyl adjacent to an activating group) is 1. The zero-order chi connectivity index (χ0) is 14.2. The number of rotatable bonds is 3. The van der Waals surface area contributed by atoms with Crippen LogP contribution in [0.3, 0.4) is 0 Å². The number of anilines is 1. The van der Waals surface area contributed by atoms with Crippen molar-refractivity contribution in [2.75, 3.05) is 32.9 Å². The van der Waals surface area contributed by atoms with Crippen LogP contribution >= 0.6 is 11.3 Å². The molecule has 5 nitrogen and oxygen atoms in total. The number of β-amino-alcohol motifs (C(OH)–C–C–N with tert-alkyl or cyclic N) is 1. The molecule has 106 valence electrons. The Morgan fingerprint density at radius 3 is 2.84 bits per heavy atom. The predicted molar refractivity (Wildman–Crippen MR) is 77.5 cm³/mol. The fourth-order valence-electron chi connectivity index (χ4n) is 2.48. The molecule has 1 aliphatic rings. The number of carbonyl (C=O) groups excluding carboxylic acids is 1. The highest BCUT2D eigenvalue weighted by Crippen LogP contribution is 2.28. The zero-order valence-corrected chi connectivity index (χ0v) is 12.4. The van der Waals surface area contributed by atoms with Crippen molar-refractivity contribution < 1.29 is 9.90 Å². The van der Waals surface area contributed by atoms with Crippen LogP contribution in [0, 0.1) is 6.92 Å². The van der Waals surface area contributed by atoms with Gasteiger partial charge >= 0.3 is 0 Å². The van der Waals surface area contributed by atoms with E-state index >= 15 is 0 Å². The third-order valence-corrected chi connectivity index (χ3v) is 4.45. The van der Waals surface area contributed by atoms with Crippen molar-refractivity contribution in [2.45, 2.75) is 25.5 Å². The van der Waals surface area contributed by atoms with Crippen LogP contribution in [0.2, 0.25) is 0 Å². The molecule has 6 heteroatoms. The molecular weight excluding hydrogens is 262 g/mol. The number of hydrogen-bond donors (Lipinski definition) is 2. The van der Waals surface area contributed by atoms with E-state index in [2.05, 4.69) is 0 Å². The minimum Gasteiger partial charge on any atom is -0.398 e. The van der Waals surface area contributed by atoms with E-state index in [1.54, 1.807) is 11.0 Å². The predicted octanol–water partition coefficient (Wildman–Crippen LogP) is 0.776. The van der Waals surface area contributed by atoms with E-state index in [1.807, 2.05) is 25.9 Å². The van der Waals surface area contributed by atoms with E-state index in [1.165, 1.54) is 11.3 Å². The Labute approximate surface area is 117 Å². The minimum absolute atomic E-state index is 0.0202. The highest BCUT2D eigenvalue weighted by atomic mass is 32.1. The lowest BCUT2D eigenvalue weighted by atomic mass is 10.2. The summed E-state index contributed by atoms with van der Waals surface area (Å²) in [5.74, 6) is -0.0202. The number of nitrogens with zero attached hydrogens (tertiary/aromatic N) is 2. The quantitative estimate of drug-likeness (QED) is 0.860. The van der Waals surface area contributed by atoms with Crippen molar-refractivity contribution in [3.63, 3.8) is 0 Å². The van der Waals surface area contributed by atoms with Gasteiger partial charge in [0.15, 0.2) is 0 Å². The standard InChI is InChI=1S/C13H21N3O2S/c1-8-11(14)5-12(19-8)13(18)16-7-10(17)4-9(16)6-15(2)3/h5,9-10,17H,4,6-7,14H2,1-3H3. The van der Waals surface area contributed by atoms with Crippen molar-refractivity contribution in [3.05, 3.63) is 15.8 Å². The number of aliphatic hydroxyl groups excluding tert-OH is 1. The topological polar surface area (TPSA) is 69.8 Å². The van der Waals surface area contributed by atoms with Crippen LogP contribution in [0.5, 0.6) is 0 Å². The molecule has 1 fully saturated rings. The van der Waals surface area contributed by atoms with E-state index in [4.69, 9.17) is 5.73 Å². The van der Waals surface area contributed by atoms with E-state index in [0.29, 0.717) is 23.5 Å². The van der Waals surface area contributed by atoms with E-state index in [-0.39, 0.29) is 11.9 Å². The van der Waals surface area contributed by atoms with Crippen LogP contribution < -0.4 is 5.73 Å². The average molecular weight is 283 g/mol. The molecule has 2 rings (SSSR count). The van der Waals surface area contributed by atoms with Crippen LogP contribution in [-0.2, 0) is 0 Å². The van der Waals surface area contributed by atoms with Gasteiger partial charge < -0.3 is 20.6 Å². The summed E-state index contributed by atoms with van der Waals surface area (Å²) < 4.78 is 0. The molecule has 1 amide bonds. The number of hydrogen-bond acceptors (Lipinski definition) is 5. The lowest BCUT2D eigenvalue weighted by Gasteiger charge is -2.26. The molecule has 1 aromatic rings. The van der Waals surface area contributed by atoms with Crippen molar-refractivity contribution >= 4 is 22.9 Å². The van der Waals surface area contributed by atoms with Gasteiger partial charge in [0, 0.05) is 29.7 Å². The van der Waals surface area contributed by atoms with E-state index in [0.717, 1.165) is 11.4 Å². The Bertz CT molecular complexity index is 453. The maximum atomic E-state index is 12.5. The first-order chi connectivity index (χ1) is 8.88. The molecule has 0 radical (unpaired) electrons. The second-order valence-electron chi connectivity index (χ2n) is 5.39. The van der Waals surface area contributed by atoms with Gasteiger partial charge in [-0.2, -0.15) is 0 Å². The summed E-state index contributed by atoms with van der Waals surface area (Å²) in [6, 6.07) is 1.81. The van der Waals surface area contributed by atoms with Crippen LogP contribution in [0.25, 0.3) is 0 Å². The second kappa shape index (κ2) is 5.48. The van der Waals surface area contributed by atoms with Gasteiger partial charge in [0.05, 0.1) is 11.0 Å². The molecule has 2 unspecified atom stereocenters. The Morgan fingerprint density at radius 2 is 2.32 bits per heavy atom. The highest BCUT2D eigenvalue weighted by molar-refractivity contribution is 7.14. The SMILES string of the molecule is Cc1sc(C(=O)N2CC(O)CC2CN(C)C)cc1N. The summed E-state index contributed by atoms with van der Waals surface area (Å²) in [6.45, 7) is 3.09. The summed E-state index contributed by atoms with van der Waals surface area (Å²) in [4.78, 5) is 17.9. The van der Waals surface area contributed by atoms with Gasteiger partial charge in [0.1, 0.15) is 0 Å². The highest BCUT2D eigenvalue weighted by Gasteiger charge is 2.35. The third-order valence-electron chi connectivity index (χ3n) is 3.40. The molecule has 0 saturated carbocycles. The fraction of sp³-hybridized carbons (Fsp3) is 0.615. The van der Waals surface area contributed by atoms with Gasteiger partial charge in [-0.05, 0) is 33.5 Å². The van der Waals surface area contributed by atoms with Crippen LogP contribution in [0.4, 0.5) is 5.69 Å². The first-order valence-corrected chi connectivity index (χ1v) is 7.19. The summed E-state index contributed by atoms with van der Waals surface area (Å²) in [7, 11) is 3.95. The molecule has 0 aromatic carbocycles. The molecule has 1 aliphatic heterocycles. The Balaban J connectivity index is 2.16. The molecule has 0 spiro atoms. The van der Waals surface area contributed by atoms with E-state index < -0.39 is 6.10 Å². The van der Waals surface area contributed by atoms with Crippen LogP contribution in [0.1, 0.15) is 21.0 Å². The molecule has 1 saturated heterocycles. The number of likely N-dealkylation sites (tertiary alicyclic amines) is 1. The Hall–Kier alpha value is -1.11. The van der Waals surface area contributed by atoms with Gasteiger partial charge in [-0.25, -0.2) is 0 Å². The van der Waals surface area contributed by atoms with E-state index in [9.17, 15) is 9.90 Å². The fourth-order valence-corrected chi connectivity index (χ4v) is 3.38. The van der Waals surface area contributed by atoms with Crippen molar-refractivity contribution in [1.29, 1.82) is 0 Å². The van der Waals surface area contributed by atoms with Gasteiger partial charge in [-0.1, -0.05) is 0 Å². The molecule has 2 heterocycles. The number of aliphatic hydroxyl groups is 1. The second-order valence-corrected chi connectivity index (χ2v) is 6.64. The first kappa shape index (κ1) is 14.3. The largest absolute Gasteiger partial charge is 0.398 e. The molecule has 19 heavy (non-hydrogen) atoms. The van der Waals surface area contributed by atoms with Gasteiger partial charge in [-0.3, -0.25) is 4.79 Å². The first-order valence-electron chi connectivity index (χ1n) is 6.38. The summed E-state index contributed by atoms with van der Waals surface area (Å²) in [5.41, 5.74) is 6.47. The molecule has 2 atom stereocenters. The number of nitrogen functional groups attached to an aromatic ring is 1. The third kappa shape index (κ3) is 3.08. The number of nitrogens with two attached hydrogens (primary N) is 1. The van der Waals surface area contributed by atoms with Crippen LogP contribution in [0.15, 0.2) is 6.07 Å². The number of thiophene rings is 1. The smallest absolute Gasteiger partial charge is 0.264 e.